The molecule has 0 bridgehead atoms. The van der Waals surface area contributed by atoms with E-state index in [0.29, 0.717) is 24.3 Å². The van der Waals surface area contributed by atoms with Gasteiger partial charge in [0.15, 0.2) is 0 Å². The van der Waals surface area contributed by atoms with E-state index in [1.807, 2.05) is 18.2 Å². The van der Waals surface area contributed by atoms with Crippen LogP contribution in [0.2, 0.25) is 0 Å². The maximum atomic E-state index is 12.6. The monoisotopic (exact) mass is 288 g/mol. The quantitative estimate of drug-likeness (QED) is 0.708. The van der Waals surface area contributed by atoms with Gasteiger partial charge in [-0.05, 0) is 50.6 Å². The Morgan fingerprint density at radius 1 is 1.24 bits per heavy atom. The number of rotatable bonds is 9. The largest absolute Gasteiger partial charge is 0.335 e. The standard InChI is InChI=1S/C18H28N2O/c1-15(17-11-12-17)20(14-16-8-4-2-5-9-16)18(21)10-6-3-7-13-19/h2,4-5,8-9,15,17H,3,6-7,10-14,19H2,1H3. The van der Waals surface area contributed by atoms with Gasteiger partial charge in [0, 0.05) is 19.0 Å². The topological polar surface area (TPSA) is 46.3 Å². The molecule has 3 nitrogen and oxygen atoms in total. The number of benzene rings is 1. The van der Waals surface area contributed by atoms with Crippen molar-refractivity contribution in [3.63, 3.8) is 0 Å². The Kier molecular flexibility index (Phi) is 6.24. The minimum atomic E-state index is 0.301. The van der Waals surface area contributed by atoms with Crippen molar-refractivity contribution in [2.75, 3.05) is 6.54 Å². The van der Waals surface area contributed by atoms with Gasteiger partial charge in [-0.25, -0.2) is 0 Å². The van der Waals surface area contributed by atoms with Crippen LogP contribution in [-0.2, 0) is 11.3 Å². The average Bonchev–Trinajstić information content (AvgIpc) is 3.34. The van der Waals surface area contributed by atoms with Gasteiger partial charge in [0.05, 0.1) is 0 Å². The van der Waals surface area contributed by atoms with E-state index < -0.39 is 0 Å². The number of carbonyl (C=O) groups is 1. The van der Waals surface area contributed by atoms with Crippen LogP contribution in [-0.4, -0.2) is 23.4 Å². The fraction of sp³-hybridized carbons (Fsp3) is 0.611. The first kappa shape index (κ1) is 16.0. The number of amides is 1. The number of hydrogen-bond donors (Lipinski definition) is 1. The third kappa shape index (κ3) is 5.16. The van der Waals surface area contributed by atoms with E-state index in [-0.39, 0.29) is 0 Å². The van der Waals surface area contributed by atoms with Gasteiger partial charge < -0.3 is 10.6 Å². The molecule has 1 aliphatic carbocycles. The van der Waals surface area contributed by atoms with Crippen molar-refractivity contribution < 1.29 is 4.79 Å². The van der Waals surface area contributed by atoms with Gasteiger partial charge in [-0.15, -0.1) is 0 Å². The summed E-state index contributed by atoms with van der Waals surface area (Å²) in [5.74, 6) is 1.01. The van der Waals surface area contributed by atoms with Crippen LogP contribution in [0.15, 0.2) is 30.3 Å². The molecule has 116 valence electrons. The fourth-order valence-corrected chi connectivity index (χ4v) is 2.81. The summed E-state index contributed by atoms with van der Waals surface area (Å²) in [5.41, 5.74) is 6.73. The second-order valence-electron chi connectivity index (χ2n) is 6.18. The van der Waals surface area contributed by atoms with Crippen LogP contribution >= 0.6 is 0 Å². The highest BCUT2D eigenvalue weighted by molar-refractivity contribution is 5.76. The molecule has 0 radical (unpaired) electrons. The number of unbranched alkanes of at least 4 members (excludes halogenated alkanes) is 2. The molecule has 1 unspecified atom stereocenters. The molecular formula is C18H28N2O. The predicted octanol–water partition coefficient (Wildman–Crippen LogP) is 3.33. The molecule has 21 heavy (non-hydrogen) atoms. The van der Waals surface area contributed by atoms with Crippen LogP contribution in [0.4, 0.5) is 0 Å². The summed E-state index contributed by atoms with van der Waals surface area (Å²) in [4.78, 5) is 14.7. The first-order valence-electron chi connectivity index (χ1n) is 8.26. The fourth-order valence-electron chi connectivity index (χ4n) is 2.81. The van der Waals surface area contributed by atoms with E-state index in [9.17, 15) is 4.79 Å². The van der Waals surface area contributed by atoms with Crippen molar-refractivity contribution in [3.05, 3.63) is 35.9 Å². The molecule has 1 amide bonds. The molecular weight excluding hydrogens is 260 g/mol. The van der Waals surface area contributed by atoms with Crippen LogP contribution < -0.4 is 5.73 Å². The molecule has 2 rings (SSSR count). The zero-order valence-electron chi connectivity index (χ0n) is 13.1. The molecule has 3 heteroatoms. The molecule has 1 fully saturated rings. The van der Waals surface area contributed by atoms with Crippen LogP contribution in [0.3, 0.4) is 0 Å². The first-order valence-corrected chi connectivity index (χ1v) is 8.26. The molecule has 0 saturated heterocycles. The summed E-state index contributed by atoms with van der Waals surface area (Å²) >= 11 is 0. The molecule has 0 aliphatic heterocycles. The lowest BCUT2D eigenvalue weighted by Gasteiger charge is -2.30. The normalized spacial score (nSPS) is 15.7. The summed E-state index contributed by atoms with van der Waals surface area (Å²) in [7, 11) is 0. The smallest absolute Gasteiger partial charge is 0.223 e. The molecule has 0 spiro atoms. The van der Waals surface area contributed by atoms with Crippen LogP contribution in [0, 0.1) is 5.92 Å². The Labute approximate surface area is 128 Å². The van der Waals surface area contributed by atoms with Crippen LogP contribution in [0.1, 0.15) is 51.0 Å². The average molecular weight is 288 g/mol. The first-order chi connectivity index (χ1) is 10.2. The lowest BCUT2D eigenvalue weighted by Crippen LogP contribution is -2.39. The molecule has 2 N–H and O–H groups in total. The van der Waals surface area contributed by atoms with Gasteiger partial charge >= 0.3 is 0 Å². The van der Waals surface area contributed by atoms with E-state index in [4.69, 9.17) is 5.73 Å². The Balaban J connectivity index is 1.93. The molecule has 1 atom stereocenters. The van der Waals surface area contributed by atoms with E-state index in [2.05, 4.69) is 24.0 Å². The molecule has 1 aromatic rings. The number of carbonyl (C=O) groups excluding carboxylic acids is 1. The van der Waals surface area contributed by atoms with Gasteiger partial charge in [-0.2, -0.15) is 0 Å². The summed E-state index contributed by atoms with van der Waals surface area (Å²) in [6.07, 6.45) is 6.23. The third-order valence-corrected chi connectivity index (χ3v) is 4.41. The lowest BCUT2D eigenvalue weighted by molar-refractivity contribution is -0.134. The van der Waals surface area contributed by atoms with Gasteiger partial charge in [0.1, 0.15) is 0 Å². The second-order valence-corrected chi connectivity index (χ2v) is 6.18. The molecule has 0 aromatic heterocycles. The van der Waals surface area contributed by atoms with Crippen molar-refractivity contribution in [1.82, 2.24) is 4.90 Å². The minimum absolute atomic E-state index is 0.301. The van der Waals surface area contributed by atoms with E-state index in [0.717, 1.165) is 32.4 Å². The van der Waals surface area contributed by atoms with E-state index >= 15 is 0 Å². The number of hydrogen-bond acceptors (Lipinski definition) is 2. The van der Waals surface area contributed by atoms with E-state index in [1.54, 1.807) is 0 Å². The Hall–Kier alpha value is -1.35. The molecule has 0 heterocycles. The summed E-state index contributed by atoms with van der Waals surface area (Å²) in [6, 6.07) is 10.7. The highest BCUT2D eigenvalue weighted by atomic mass is 16.2. The van der Waals surface area contributed by atoms with Crippen molar-refractivity contribution in [3.8, 4) is 0 Å². The van der Waals surface area contributed by atoms with Crippen molar-refractivity contribution in [2.24, 2.45) is 11.7 Å². The van der Waals surface area contributed by atoms with Gasteiger partial charge in [0.2, 0.25) is 5.91 Å². The summed E-state index contributed by atoms with van der Waals surface area (Å²) < 4.78 is 0. The number of nitrogens with zero attached hydrogens (tertiary/aromatic N) is 1. The van der Waals surface area contributed by atoms with Gasteiger partial charge in [-0.3, -0.25) is 4.79 Å². The minimum Gasteiger partial charge on any atom is -0.335 e. The van der Waals surface area contributed by atoms with Gasteiger partial charge in [-0.1, -0.05) is 36.8 Å². The Bertz CT molecular complexity index is 428. The van der Waals surface area contributed by atoms with E-state index in [1.165, 1.54) is 18.4 Å². The summed E-state index contributed by atoms with van der Waals surface area (Å²) in [5, 5.41) is 0. The Morgan fingerprint density at radius 2 is 1.95 bits per heavy atom. The highest BCUT2D eigenvalue weighted by Crippen LogP contribution is 2.36. The molecule has 1 aliphatic rings. The number of nitrogens with two attached hydrogens (primary N) is 1. The van der Waals surface area contributed by atoms with Crippen LogP contribution in [0.25, 0.3) is 0 Å². The summed E-state index contributed by atoms with van der Waals surface area (Å²) in [6.45, 7) is 3.67. The zero-order chi connectivity index (χ0) is 15.1. The maximum absolute atomic E-state index is 12.6. The van der Waals surface area contributed by atoms with Gasteiger partial charge in [0.25, 0.3) is 0 Å². The lowest BCUT2D eigenvalue weighted by atomic mass is 10.1. The highest BCUT2D eigenvalue weighted by Gasteiger charge is 2.33. The van der Waals surface area contributed by atoms with Crippen molar-refractivity contribution in [2.45, 2.75) is 58.0 Å². The second kappa shape index (κ2) is 8.18. The van der Waals surface area contributed by atoms with Crippen molar-refractivity contribution in [1.29, 1.82) is 0 Å². The SMILES string of the molecule is CC(C1CC1)N(Cc1ccccc1)C(=O)CCCCCN. The van der Waals surface area contributed by atoms with Crippen LogP contribution in [0.5, 0.6) is 0 Å². The molecule has 1 aromatic carbocycles. The third-order valence-electron chi connectivity index (χ3n) is 4.41. The predicted molar refractivity (Wildman–Crippen MR) is 86.7 cm³/mol. The maximum Gasteiger partial charge on any atom is 0.223 e. The Morgan fingerprint density at radius 3 is 2.57 bits per heavy atom. The van der Waals surface area contributed by atoms with Crippen molar-refractivity contribution >= 4 is 5.91 Å². The molecule has 1 saturated carbocycles. The zero-order valence-corrected chi connectivity index (χ0v) is 13.1.